The molecule has 1 aliphatic heterocycles. The van der Waals surface area contributed by atoms with Crippen LogP contribution in [-0.2, 0) is 14.4 Å². The van der Waals surface area contributed by atoms with Crippen LogP contribution in [0.15, 0.2) is 29.0 Å². The molecule has 8 heteroatoms. The number of aliphatic hydroxyl groups excluding tert-OH is 1. The van der Waals surface area contributed by atoms with Gasteiger partial charge < -0.3 is 25.1 Å². The van der Waals surface area contributed by atoms with Crippen LogP contribution in [0.4, 0.5) is 0 Å². The van der Waals surface area contributed by atoms with Crippen LogP contribution in [-0.4, -0.2) is 68.7 Å². The van der Waals surface area contributed by atoms with Gasteiger partial charge in [-0.05, 0) is 80.8 Å². The zero-order valence-corrected chi connectivity index (χ0v) is 20.9. The molecular weight excluding hydrogens is 448 g/mol. The third kappa shape index (κ3) is 3.84. The Morgan fingerprint density at radius 1 is 1.17 bits per heavy atom. The van der Waals surface area contributed by atoms with Gasteiger partial charge in [-0.3, -0.25) is 4.79 Å². The number of carboxylic acid groups (broad SMARTS) is 1. The molecule has 3 N–H and O–H groups in total. The molecule has 1 amide bonds. The van der Waals surface area contributed by atoms with E-state index in [-0.39, 0.29) is 30.4 Å². The summed E-state index contributed by atoms with van der Waals surface area (Å²) < 4.78 is 0. The maximum Gasteiger partial charge on any atom is 0.326 e. The lowest BCUT2D eigenvalue weighted by molar-refractivity contribution is -0.150. The maximum atomic E-state index is 12.5. The third-order valence-electron chi connectivity index (χ3n) is 10.4. The molecule has 0 bridgehead atoms. The number of carboxylic acids is 1. The molecule has 0 aromatic carbocycles. The van der Waals surface area contributed by atoms with E-state index >= 15 is 0 Å². The van der Waals surface area contributed by atoms with Crippen molar-refractivity contribution in [2.75, 3.05) is 13.2 Å². The van der Waals surface area contributed by atoms with Crippen molar-refractivity contribution >= 4 is 17.6 Å². The van der Waals surface area contributed by atoms with Crippen LogP contribution >= 0.6 is 0 Å². The highest BCUT2D eigenvalue weighted by molar-refractivity contribution is 6.05. The molecule has 35 heavy (non-hydrogen) atoms. The molecule has 0 aromatic rings. The predicted octanol–water partition coefficient (Wildman–Crippen LogP) is 2.90. The molecule has 1 heterocycles. The lowest BCUT2D eigenvalue weighted by Gasteiger charge is -2.58. The average molecular weight is 487 g/mol. The minimum atomic E-state index is -1.12. The fourth-order valence-corrected chi connectivity index (χ4v) is 8.08. The van der Waals surface area contributed by atoms with Gasteiger partial charge in [-0.1, -0.05) is 30.7 Å². The number of carbonyl (C=O) groups excluding carboxylic acids is 1. The Labute approximate surface area is 206 Å². The summed E-state index contributed by atoms with van der Waals surface area (Å²) in [6.07, 6.45) is 11.8. The van der Waals surface area contributed by atoms with E-state index < -0.39 is 29.6 Å². The van der Waals surface area contributed by atoms with Gasteiger partial charge >= 0.3 is 5.97 Å². The maximum absolute atomic E-state index is 12.5. The fourth-order valence-electron chi connectivity index (χ4n) is 8.08. The van der Waals surface area contributed by atoms with E-state index in [0.717, 1.165) is 43.4 Å². The Kier molecular flexibility index (Phi) is 5.91. The minimum Gasteiger partial charge on any atom is -0.480 e. The second kappa shape index (κ2) is 8.44. The Morgan fingerprint density at radius 2 is 1.91 bits per heavy atom. The molecule has 5 aliphatic rings. The van der Waals surface area contributed by atoms with Crippen molar-refractivity contribution < 1.29 is 29.7 Å². The highest BCUT2D eigenvalue weighted by atomic mass is 16.6. The summed E-state index contributed by atoms with van der Waals surface area (Å²) in [6, 6.07) is -1.03. The van der Waals surface area contributed by atoms with E-state index in [4.69, 9.17) is 4.84 Å². The van der Waals surface area contributed by atoms with Crippen molar-refractivity contribution in [3.8, 4) is 0 Å². The van der Waals surface area contributed by atoms with Gasteiger partial charge in [-0.25, -0.2) is 4.79 Å². The second-order valence-corrected chi connectivity index (χ2v) is 12.0. The largest absolute Gasteiger partial charge is 0.480 e. The minimum absolute atomic E-state index is 0.00214. The summed E-state index contributed by atoms with van der Waals surface area (Å²) in [4.78, 5) is 30.3. The van der Waals surface area contributed by atoms with Crippen LogP contribution < -0.4 is 0 Å². The van der Waals surface area contributed by atoms with E-state index in [1.807, 2.05) is 13.0 Å². The summed E-state index contributed by atoms with van der Waals surface area (Å²) in [5.41, 5.74) is 1.39. The molecule has 8 nitrogen and oxygen atoms in total. The summed E-state index contributed by atoms with van der Waals surface area (Å²) >= 11 is 0. The van der Waals surface area contributed by atoms with Crippen LogP contribution in [0.1, 0.15) is 65.7 Å². The van der Waals surface area contributed by atoms with Gasteiger partial charge in [0.1, 0.15) is 11.8 Å². The van der Waals surface area contributed by atoms with Crippen LogP contribution in [0.3, 0.4) is 0 Å². The number of allylic oxidation sites excluding steroid dienone is 4. The van der Waals surface area contributed by atoms with E-state index in [0.29, 0.717) is 23.5 Å². The molecule has 0 radical (unpaired) electrons. The number of hydrogen-bond acceptors (Lipinski definition) is 6. The molecular formula is C27H38N2O6. The van der Waals surface area contributed by atoms with Gasteiger partial charge in [0.15, 0.2) is 6.61 Å². The Balaban J connectivity index is 1.25. The summed E-state index contributed by atoms with van der Waals surface area (Å²) in [5.74, 6) is 0.101. The number of amides is 1. The lowest BCUT2D eigenvalue weighted by atomic mass is 9.47. The van der Waals surface area contributed by atoms with Gasteiger partial charge in [0.05, 0.1) is 11.7 Å². The Hall–Kier alpha value is -2.19. The number of oxime groups is 1. The fraction of sp³-hybridized carbons (Fsp3) is 0.741. The first-order valence-electron chi connectivity index (χ1n) is 13.0. The number of carbonyl (C=O) groups is 2. The van der Waals surface area contributed by atoms with E-state index in [1.165, 1.54) is 5.57 Å². The average Bonchev–Trinajstić information content (AvgIpc) is 3.31. The zero-order chi connectivity index (χ0) is 25.2. The topological polar surface area (TPSA) is 120 Å². The molecule has 5 rings (SSSR count). The van der Waals surface area contributed by atoms with Gasteiger partial charge in [0, 0.05) is 18.4 Å². The summed E-state index contributed by atoms with van der Waals surface area (Å²) in [6.45, 7) is 6.30. The molecule has 0 spiro atoms. The van der Waals surface area contributed by atoms with Crippen molar-refractivity contribution in [1.82, 2.24) is 4.90 Å². The number of aliphatic hydroxyl groups is 2. The molecule has 3 saturated carbocycles. The number of likely N-dealkylation sites (tertiary alicyclic amines) is 1. The van der Waals surface area contributed by atoms with Crippen molar-refractivity contribution in [2.24, 2.45) is 33.7 Å². The van der Waals surface area contributed by atoms with Gasteiger partial charge in [0.25, 0.3) is 5.91 Å². The van der Waals surface area contributed by atoms with Crippen molar-refractivity contribution in [3.05, 3.63) is 23.8 Å². The Bertz CT molecular complexity index is 1000. The zero-order valence-electron chi connectivity index (χ0n) is 20.9. The van der Waals surface area contributed by atoms with E-state index in [1.54, 1.807) is 0 Å². The van der Waals surface area contributed by atoms with Gasteiger partial charge in [-0.15, -0.1) is 0 Å². The first-order chi connectivity index (χ1) is 16.5. The third-order valence-corrected chi connectivity index (χ3v) is 10.4. The van der Waals surface area contributed by atoms with Gasteiger partial charge in [-0.2, -0.15) is 0 Å². The Morgan fingerprint density at radius 3 is 2.66 bits per heavy atom. The quantitative estimate of drug-likeness (QED) is 0.526. The normalized spacial score (nSPS) is 45.5. The van der Waals surface area contributed by atoms with Crippen molar-refractivity contribution in [1.29, 1.82) is 0 Å². The van der Waals surface area contributed by atoms with Gasteiger partial charge in [0.2, 0.25) is 0 Å². The molecule has 192 valence electrons. The highest BCUT2D eigenvalue weighted by Crippen LogP contribution is 2.66. The first kappa shape index (κ1) is 24.5. The van der Waals surface area contributed by atoms with E-state index in [2.05, 4.69) is 31.2 Å². The number of aliphatic carboxylic acids is 1. The molecule has 0 aromatic heterocycles. The predicted molar refractivity (Wildman–Crippen MR) is 129 cm³/mol. The molecule has 0 unspecified atom stereocenters. The molecule has 4 fully saturated rings. The first-order valence-corrected chi connectivity index (χ1v) is 13.0. The molecule has 1 saturated heterocycles. The SMILES string of the molecule is C[C@]12C=C/C(=N/OCC(=O)N3C[C@H](O)C[C@@H]3C(=O)O)C=C1CC[C@H]1[C@H]2CC[C@@]2(C)[C@H]1CC[C@]2(C)O. The molecule has 8 atom stereocenters. The number of nitrogens with zero attached hydrogens (tertiary/aromatic N) is 2. The van der Waals surface area contributed by atoms with E-state index in [9.17, 15) is 24.9 Å². The monoisotopic (exact) mass is 486 g/mol. The molecule has 4 aliphatic carbocycles. The standard InChI is InChI=1S/C27H38N2O6/c1-25-9-6-17(28-35-15-23(31)29-14-18(30)13-22(29)24(32)33)12-16(25)4-5-19-20(25)7-10-26(2)21(19)8-11-27(26,3)34/h6,9,12,18-22,30,34H,4-5,7-8,10-11,13-15H2,1-3H3,(H,32,33)/b28-17-/t18-,19+,20-,21+,22-,25+,26+,27+/m1/s1. The smallest absolute Gasteiger partial charge is 0.326 e. The number of fused-ring (bicyclic) bond motifs is 5. The number of rotatable bonds is 4. The number of β-amino-alcohol motifs (C(OH)–C–C–N with tert-alkyl or cyclic N) is 1. The van der Waals surface area contributed by atoms with Crippen molar-refractivity contribution in [2.45, 2.75) is 83.5 Å². The van der Waals surface area contributed by atoms with Crippen LogP contribution in [0.5, 0.6) is 0 Å². The van der Waals surface area contributed by atoms with Crippen LogP contribution in [0, 0.1) is 28.6 Å². The summed E-state index contributed by atoms with van der Waals surface area (Å²) in [7, 11) is 0. The summed E-state index contributed by atoms with van der Waals surface area (Å²) in [5, 5.41) is 34.3. The lowest BCUT2D eigenvalue weighted by Crippen LogP contribution is -2.53. The van der Waals surface area contributed by atoms with Crippen molar-refractivity contribution in [3.63, 3.8) is 0 Å². The van der Waals surface area contributed by atoms with Crippen LogP contribution in [0.25, 0.3) is 0 Å². The highest BCUT2D eigenvalue weighted by Gasteiger charge is 2.62. The van der Waals surface area contributed by atoms with Crippen LogP contribution in [0.2, 0.25) is 0 Å². The number of hydrogen-bond donors (Lipinski definition) is 3. The second-order valence-electron chi connectivity index (χ2n) is 12.0.